The first-order chi connectivity index (χ1) is 15.5. The van der Waals surface area contributed by atoms with Gasteiger partial charge >= 0.3 is 5.97 Å². The van der Waals surface area contributed by atoms with E-state index in [-0.39, 0.29) is 41.8 Å². The summed E-state index contributed by atoms with van der Waals surface area (Å²) in [5.74, 6) is 1.88. The van der Waals surface area contributed by atoms with Crippen molar-refractivity contribution >= 4 is 41.6 Å². The van der Waals surface area contributed by atoms with Gasteiger partial charge in [-0.1, -0.05) is 6.92 Å². The smallest absolute Gasteiger partial charge is 0.310 e. The molecule has 33 heavy (non-hydrogen) atoms. The number of hydrogen-bond acceptors (Lipinski definition) is 6. The summed E-state index contributed by atoms with van der Waals surface area (Å²) >= 11 is 0. The van der Waals surface area contributed by atoms with Gasteiger partial charge in [-0.25, -0.2) is 0 Å². The Morgan fingerprint density at radius 1 is 1.12 bits per heavy atom. The molecule has 1 aromatic rings. The molecule has 9 heteroatoms. The number of guanidine groups is 1. The first-order valence-electron chi connectivity index (χ1n) is 11.8. The van der Waals surface area contributed by atoms with Gasteiger partial charge in [-0.05, 0) is 43.5 Å². The largest absolute Gasteiger partial charge is 0.497 e. The van der Waals surface area contributed by atoms with E-state index in [2.05, 4.69) is 46.0 Å². The van der Waals surface area contributed by atoms with Crippen LogP contribution >= 0.6 is 24.0 Å². The number of methoxy groups -OCH3 is 2. The molecule has 0 saturated carbocycles. The van der Waals surface area contributed by atoms with Crippen LogP contribution in [0.4, 0.5) is 5.69 Å². The van der Waals surface area contributed by atoms with Crippen LogP contribution in [0.5, 0.6) is 5.75 Å². The molecule has 0 amide bonds. The summed E-state index contributed by atoms with van der Waals surface area (Å²) in [7, 11) is 3.16. The summed E-state index contributed by atoms with van der Waals surface area (Å²) < 4.78 is 10.2. The monoisotopic (exact) mass is 573 g/mol. The Bertz CT molecular complexity index is 753. The molecule has 8 nitrogen and oxygen atoms in total. The zero-order chi connectivity index (χ0) is 22.9. The van der Waals surface area contributed by atoms with E-state index in [4.69, 9.17) is 14.5 Å². The van der Waals surface area contributed by atoms with Crippen LogP contribution in [0.3, 0.4) is 0 Å². The molecule has 2 heterocycles. The minimum atomic E-state index is -0.121. The average Bonchev–Trinajstić information content (AvgIpc) is 3.22. The van der Waals surface area contributed by atoms with Crippen LogP contribution in [-0.4, -0.2) is 94.9 Å². The molecule has 0 aliphatic carbocycles. The van der Waals surface area contributed by atoms with Crippen molar-refractivity contribution in [1.82, 2.24) is 15.1 Å². The molecule has 2 aliphatic rings. The highest BCUT2D eigenvalue weighted by Gasteiger charge is 2.36. The number of nitrogens with zero attached hydrogens (tertiary/aromatic N) is 4. The van der Waals surface area contributed by atoms with Crippen LogP contribution < -0.4 is 15.0 Å². The first-order valence-corrected chi connectivity index (χ1v) is 11.8. The lowest BCUT2D eigenvalue weighted by molar-refractivity contribution is -0.145. The van der Waals surface area contributed by atoms with Crippen LogP contribution in [0.15, 0.2) is 29.3 Å². The quantitative estimate of drug-likeness (QED) is 0.169. The lowest BCUT2D eigenvalue weighted by Crippen LogP contribution is -2.46. The second kappa shape index (κ2) is 13.8. The van der Waals surface area contributed by atoms with Gasteiger partial charge in [0, 0.05) is 64.6 Å². The predicted octanol–water partition coefficient (Wildman–Crippen LogP) is 2.53. The number of nitrogens with one attached hydrogen (secondary N) is 1. The fraction of sp³-hybridized carbons (Fsp3) is 0.667. The van der Waals surface area contributed by atoms with E-state index < -0.39 is 0 Å². The average molecular weight is 574 g/mol. The van der Waals surface area contributed by atoms with Gasteiger partial charge in [0.15, 0.2) is 5.96 Å². The molecule has 2 saturated heterocycles. The van der Waals surface area contributed by atoms with Crippen molar-refractivity contribution in [2.75, 3.05) is 78.0 Å². The second-order valence-corrected chi connectivity index (χ2v) is 8.63. The number of esters is 1. The number of piperazine rings is 1. The number of ether oxygens (including phenoxy) is 2. The summed E-state index contributed by atoms with van der Waals surface area (Å²) in [4.78, 5) is 24.0. The van der Waals surface area contributed by atoms with Crippen molar-refractivity contribution in [3.8, 4) is 5.75 Å². The minimum Gasteiger partial charge on any atom is -0.497 e. The lowest BCUT2D eigenvalue weighted by atomic mass is 9.99. The highest BCUT2D eigenvalue weighted by molar-refractivity contribution is 14.0. The Morgan fingerprint density at radius 2 is 1.82 bits per heavy atom. The number of hydrogen-bond donors (Lipinski definition) is 1. The van der Waals surface area contributed by atoms with Crippen LogP contribution in [0.25, 0.3) is 0 Å². The minimum absolute atomic E-state index is 0. The molecule has 0 radical (unpaired) electrons. The van der Waals surface area contributed by atoms with Gasteiger partial charge in [0.2, 0.25) is 0 Å². The number of halogens is 1. The van der Waals surface area contributed by atoms with Crippen molar-refractivity contribution in [2.45, 2.75) is 20.3 Å². The number of carbonyl (C=O) groups is 1. The Labute approximate surface area is 215 Å². The third-order valence-electron chi connectivity index (χ3n) is 6.45. The molecule has 0 aromatic heterocycles. The van der Waals surface area contributed by atoms with Crippen molar-refractivity contribution in [2.24, 2.45) is 16.8 Å². The molecule has 2 aliphatic heterocycles. The Kier molecular flexibility index (Phi) is 11.5. The maximum atomic E-state index is 12.0. The van der Waals surface area contributed by atoms with Crippen molar-refractivity contribution in [3.05, 3.63) is 24.3 Å². The number of aliphatic imine (C=N–C) groups is 1. The predicted molar refractivity (Wildman–Crippen MR) is 144 cm³/mol. The topological polar surface area (TPSA) is 69.6 Å². The zero-order valence-electron chi connectivity index (χ0n) is 20.5. The van der Waals surface area contributed by atoms with Gasteiger partial charge in [0.05, 0.1) is 20.1 Å². The van der Waals surface area contributed by atoms with Gasteiger partial charge < -0.3 is 24.6 Å². The molecule has 2 fully saturated rings. The molecule has 0 spiro atoms. The van der Waals surface area contributed by atoms with E-state index in [0.29, 0.717) is 6.54 Å². The highest BCUT2D eigenvalue weighted by atomic mass is 127. The summed E-state index contributed by atoms with van der Waals surface area (Å²) in [5.41, 5.74) is 1.26. The van der Waals surface area contributed by atoms with E-state index >= 15 is 0 Å². The van der Waals surface area contributed by atoms with Crippen molar-refractivity contribution in [1.29, 1.82) is 0 Å². The summed E-state index contributed by atoms with van der Waals surface area (Å²) in [6, 6.07) is 8.32. The normalized spacial score (nSPS) is 21.5. The number of rotatable bonds is 8. The molecule has 1 aromatic carbocycles. The van der Waals surface area contributed by atoms with Crippen molar-refractivity contribution in [3.63, 3.8) is 0 Å². The Morgan fingerprint density at radius 3 is 2.42 bits per heavy atom. The Hall–Kier alpha value is -1.75. The molecule has 1 N–H and O–H groups in total. The highest BCUT2D eigenvalue weighted by Crippen LogP contribution is 2.24. The van der Waals surface area contributed by atoms with E-state index in [0.717, 1.165) is 70.5 Å². The molecule has 0 bridgehead atoms. The van der Waals surface area contributed by atoms with Gasteiger partial charge in [-0.15, -0.1) is 24.0 Å². The molecule has 2 unspecified atom stereocenters. The second-order valence-electron chi connectivity index (χ2n) is 8.63. The molecular weight excluding hydrogens is 533 g/mol. The fourth-order valence-corrected chi connectivity index (χ4v) is 4.53. The number of anilines is 1. The van der Waals surface area contributed by atoms with Crippen LogP contribution in [-0.2, 0) is 9.53 Å². The summed E-state index contributed by atoms with van der Waals surface area (Å²) in [6.07, 6.45) is 1.03. The SMILES string of the molecule is CCNC(=NCCCN1CCN(c2ccc(OC)cc2)CC1)N1CC(C)C(C(=O)OC)C1.I. The molecule has 2 atom stereocenters. The fourth-order valence-electron chi connectivity index (χ4n) is 4.53. The van der Waals surface area contributed by atoms with Gasteiger partial charge in [-0.3, -0.25) is 14.7 Å². The summed E-state index contributed by atoms with van der Waals surface area (Å²) in [6.45, 7) is 12.6. The van der Waals surface area contributed by atoms with Crippen LogP contribution in [0.2, 0.25) is 0 Å². The van der Waals surface area contributed by atoms with Crippen LogP contribution in [0.1, 0.15) is 20.3 Å². The Balaban J connectivity index is 0.00000385. The molecule has 186 valence electrons. The van der Waals surface area contributed by atoms with Gasteiger partial charge in [-0.2, -0.15) is 0 Å². The molecule has 3 rings (SSSR count). The zero-order valence-corrected chi connectivity index (χ0v) is 22.8. The molecular formula is C24H40IN5O3. The van der Waals surface area contributed by atoms with Crippen LogP contribution in [0, 0.1) is 11.8 Å². The number of benzene rings is 1. The van der Waals surface area contributed by atoms with Gasteiger partial charge in [0.25, 0.3) is 0 Å². The van der Waals surface area contributed by atoms with Crippen molar-refractivity contribution < 1.29 is 14.3 Å². The third kappa shape index (κ3) is 7.63. The maximum Gasteiger partial charge on any atom is 0.310 e. The maximum absolute atomic E-state index is 12.0. The lowest BCUT2D eigenvalue weighted by Gasteiger charge is -2.36. The van der Waals surface area contributed by atoms with E-state index in [1.54, 1.807) is 7.11 Å². The standard InChI is InChI=1S/C24H39N5O3.HI/c1-5-25-24(29-17-19(2)22(18-29)23(30)32-4)26-11-6-12-27-13-15-28(16-14-27)20-7-9-21(31-3)10-8-20;/h7-10,19,22H,5-6,11-18H2,1-4H3,(H,25,26);1H. The van der Waals surface area contributed by atoms with E-state index in [9.17, 15) is 4.79 Å². The van der Waals surface area contributed by atoms with E-state index in [1.807, 2.05) is 12.1 Å². The number of likely N-dealkylation sites (tertiary alicyclic amines) is 1. The van der Waals surface area contributed by atoms with E-state index in [1.165, 1.54) is 12.8 Å². The van der Waals surface area contributed by atoms with Gasteiger partial charge in [0.1, 0.15) is 5.75 Å². The summed E-state index contributed by atoms with van der Waals surface area (Å²) in [5, 5.41) is 3.39. The number of carbonyl (C=O) groups excluding carboxylic acids is 1. The first kappa shape index (κ1) is 27.5. The third-order valence-corrected chi connectivity index (χ3v) is 6.45.